The summed E-state index contributed by atoms with van der Waals surface area (Å²) < 4.78 is 11.6. The molecule has 0 aliphatic carbocycles. The number of nitrogens with one attached hydrogen (secondary N) is 1. The van der Waals surface area contributed by atoms with Crippen molar-refractivity contribution in [2.24, 2.45) is 0 Å². The van der Waals surface area contributed by atoms with Gasteiger partial charge in [0.1, 0.15) is 12.4 Å². The number of halogens is 1. The van der Waals surface area contributed by atoms with Gasteiger partial charge < -0.3 is 5.11 Å². The van der Waals surface area contributed by atoms with E-state index in [4.69, 9.17) is 5.11 Å². The van der Waals surface area contributed by atoms with Gasteiger partial charge in [0.2, 0.25) is 0 Å². The molecule has 1 unspecified atom stereocenters. The number of nitrogens with zero attached hydrogens (tertiary/aromatic N) is 2. The fourth-order valence-electron chi connectivity index (χ4n) is 0.616. The average Bonchev–Trinajstić information content (AvgIpc) is 2.38. The van der Waals surface area contributed by atoms with E-state index >= 15 is 0 Å². The highest BCUT2D eigenvalue weighted by Crippen LogP contribution is 2.09. The highest BCUT2D eigenvalue weighted by Gasteiger charge is 2.08. The van der Waals surface area contributed by atoms with E-state index in [-0.39, 0.29) is 6.42 Å². The molecular weight excluding hydrogens is 137 g/mol. The van der Waals surface area contributed by atoms with E-state index in [0.29, 0.717) is 5.82 Å². The molecule has 56 valence electrons. The Morgan fingerprint density at radius 3 is 3.10 bits per heavy atom. The molecule has 0 fully saturated rings. The van der Waals surface area contributed by atoms with E-state index in [1.807, 2.05) is 0 Å². The summed E-state index contributed by atoms with van der Waals surface area (Å²) in [4.78, 5) is 3.65. The second-order valence-corrected chi connectivity index (χ2v) is 1.86. The van der Waals surface area contributed by atoms with Crippen molar-refractivity contribution in [3.8, 4) is 0 Å². The molecule has 1 heterocycles. The first-order chi connectivity index (χ1) is 4.84. The maximum Gasteiger partial charge on any atom is 0.153 e. The first kappa shape index (κ1) is 7.14. The van der Waals surface area contributed by atoms with Gasteiger partial charge >= 0.3 is 0 Å². The number of aliphatic hydroxyl groups is 1. The molecule has 0 radical (unpaired) electrons. The highest BCUT2D eigenvalue weighted by atomic mass is 19.1. The zero-order valence-electron chi connectivity index (χ0n) is 5.29. The van der Waals surface area contributed by atoms with E-state index < -0.39 is 12.8 Å². The molecule has 0 spiro atoms. The Hall–Kier alpha value is -0.970. The van der Waals surface area contributed by atoms with Crippen LogP contribution in [0.1, 0.15) is 18.3 Å². The summed E-state index contributed by atoms with van der Waals surface area (Å²) in [6.45, 7) is -0.554. The van der Waals surface area contributed by atoms with Crippen LogP contribution < -0.4 is 0 Å². The van der Waals surface area contributed by atoms with Gasteiger partial charge in [0.25, 0.3) is 0 Å². The van der Waals surface area contributed by atoms with Crippen LogP contribution in [0.5, 0.6) is 0 Å². The van der Waals surface area contributed by atoms with E-state index in [1.54, 1.807) is 0 Å². The summed E-state index contributed by atoms with van der Waals surface area (Å²) in [6, 6.07) is 0. The van der Waals surface area contributed by atoms with Gasteiger partial charge in [-0.25, -0.2) is 4.98 Å². The second kappa shape index (κ2) is 3.26. The monoisotopic (exact) mass is 145 g/mol. The summed E-state index contributed by atoms with van der Waals surface area (Å²) in [7, 11) is 0. The van der Waals surface area contributed by atoms with Crippen molar-refractivity contribution >= 4 is 0 Å². The van der Waals surface area contributed by atoms with Crippen LogP contribution in [-0.4, -0.2) is 27.0 Å². The third-order valence-corrected chi connectivity index (χ3v) is 1.13. The fourth-order valence-corrected chi connectivity index (χ4v) is 0.616. The zero-order chi connectivity index (χ0) is 7.40. The van der Waals surface area contributed by atoms with Gasteiger partial charge in [-0.1, -0.05) is 0 Å². The number of hydrogen-bond acceptors (Lipinski definition) is 3. The molecule has 0 aliphatic rings. The van der Waals surface area contributed by atoms with Crippen molar-refractivity contribution in [3.05, 3.63) is 12.2 Å². The Morgan fingerprint density at radius 1 is 1.80 bits per heavy atom. The fraction of sp³-hybridized carbons (Fsp3) is 0.600. The second-order valence-electron chi connectivity index (χ2n) is 1.86. The van der Waals surface area contributed by atoms with Gasteiger partial charge in [0.05, 0.1) is 6.67 Å². The molecule has 10 heavy (non-hydrogen) atoms. The minimum Gasteiger partial charge on any atom is -0.385 e. The van der Waals surface area contributed by atoms with Crippen LogP contribution in [0.2, 0.25) is 0 Å². The van der Waals surface area contributed by atoms with Gasteiger partial charge in [-0.15, -0.1) is 0 Å². The minimum atomic E-state index is -0.854. The number of aromatic nitrogens is 3. The molecule has 1 aromatic heterocycles. The third-order valence-electron chi connectivity index (χ3n) is 1.13. The lowest BCUT2D eigenvalue weighted by atomic mass is 10.3. The number of alkyl halides is 1. The standard InChI is InChI=1S/C5H8FN3O/c6-2-1-4(10)5-7-3-8-9-5/h3-4,10H,1-2H2,(H,7,8,9). The summed E-state index contributed by atoms with van der Waals surface area (Å²) in [5.74, 6) is 0.317. The molecule has 0 aromatic carbocycles. The van der Waals surface area contributed by atoms with Gasteiger partial charge in [-0.3, -0.25) is 9.49 Å². The Morgan fingerprint density at radius 2 is 2.60 bits per heavy atom. The summed E-state index contributed by atoms with van der Waals surface area (Å²) in [5, 5.41) is 15.0. The number of aromatic amines is 1. The number of H-pyrrole nitrogens is 1. The van der Waals surface area contributed by atoms with E-state index in [1.165, 1.54) is 6.33 Å². The Labute approximate surface area is 57.1 Å². The van der Waals surface area contributed by atoms with Crippen molar-refractivity contribution in [1.29, 1.82) is 0 Å². The normalized spacial score (nSPS) is 13.4. The molecule has 0 amide bonds. The van der Waals surface area contributed by atoms with Gasteiger partial charge in [0, 0.05) is 6.42 Å². The van der Waals surface area contributed by atoms with Crippen molar-refractivity contribution in [1.82, 2.24) is 15.2 Å². The predicted molar refractivity (Wildman–Crippen MR) is 31.9 cm³/mol. The van der Waals surface area contributed by atoms with Crippen molar-refractivity contribution < 1.29 is 9.50 Å². The van der Waals surface area contributed by atoms with Crippen LogP contribution in [0.25, 0.3) is 0 Å². The summed E-state index contributed by atoms with van der Waals surface area (Å²) in [5.41, 5.74) is 0. The predicted octanol–water partition coefficient (Wildman–Crippen LogP) is 0.198. The zero-order valence-corrected chi connectivity index (χ0v) is 5.29. The van der Waals surface area contributed by atoms with Gasteiger partial charge in [-0.2, -0.15) is 5.10 Å². The Balaban J connectivity index is 2.50. The molecular formula is C5H8FN3O. The molecule has 0 saturated heterocycles. The quantitative estimate of drug-likeness (QED) is 0.638. The number of rotatable bonds is 3. The highest BCUT2D eigenvalue weighted by molar-refractivity contribution is 4.85. The summed E-state index contributed by atoms with van der Waals surface area (Å²) in [6.07, 6.45) is 0.485. The van der Waals surface area contributed by atoms with Gasteiger partial charge in [-0.05, 0) is 0 Å². The minimum absolute atomic E-state index is 0.0647. The lowest BCUT2D eigenvalue weighted by Crippen LogP contribution is -2.00. The largest absolute Gasteiger partial charge is 0.385 e. The first-order valence-electron chi connectivity index (χ1n) is 2.94. The van der Waals surface area contributed by atoms with Crippen LogP contribution >= 0.6 is 0 Å². The lowest BCUT2D eigenvalue weighted by molar-refractivity contribution is 0.147. The molecule has 4 nitrogen and oxygen atoms in total. The van der Waals surface area contributed by atoms with Crippen molar-refractivity contribution in [2.75, 3.05) is 6.67 Å². The number of hydrogen-bond donors (Lipinski definition) is 2. The molecule has 1 aromatic rings. The van der Waals surface area contributed by atoms with Crippen molar-refractivity contribution in [2.45, 2.75) is 12.5 Å². The van der Waals surface area contributed by atoms with Gasteiger partial charge in [0.15, 0.2) is 5.82 Å². The number of aliphatic hydroxyl groups excluding tert-OH is 1. The average molecular weight is 145 g/mol. The molecule has 0 bridgehead atoms. The van der Waals surface area contributed by atoms with E-state index in [0.717, 1.165) is 0 Å². The van der Waals surface area contributed by atoms with Crippen LogP contribution in [0.3, 0.4) is 0 Å². The van der Waals surface area contributed by atoms with Crippen LogP contribution in [-0.2, 0) is 0 Å². The molecule has 0 aliphatic heterocycles. The van der Waals surface area contributed by atoms with Crippen molar-refractivity contribution in [3.63, 3.8) is 0 Å². The lowest BCUT2D eigenvalue weighted by Gasteiger charge is -2.01. The Bertz CT molecular complexity index is 177. The summed E-state index contributed by atoms with van der Waals surface area (Å²) >= 11 is 0. The van der Waals surface area contributed by atoms with Crippen LogP contribution in [0.4, 0.5) is 4.39 Å². The maximum atomic E-state index is 11.6. The molecule has 5 heteroatoms. The molecule has 2 N–H and O–H groups in total. The van der Waals surface area contributed by atoms with E-state index in [9.17, 15) is 4.39 Å². The SMILES string of the molecule is OC(CCF)c1ncn[nH]1. The molecule has 1 rings (SSSR count). The smallest absolute Gasteiger partial charge is 0.153 e. The molecule has 1 atom stereocenters. The first-order valence-corrected chi connectivity index (χ1v) is 2.94. The third kappa shape index (κ3) is 1.51. The van der Waals surface area contributed by atoms with Crippen LogP contribution in [0, 0.1) is 0 Å². The topological polar surface area (TPSA) is 61.8 Å². The maximum absolute atomic E-state index is 11.6. The Kier molecular flexibility index (Phi) is 2.33. The molecule has 0 saturated carbocycles. The van der Waals surface area contributed by atoms with Crippen LogP contribution in [0.15, 0.2) is 6.33 Å². The van der Waals surface area contributed by atoms with E-state index in [2.05, 4.69) is 15.2 Å².